The second-order valence-corrected chi connectivity index (χ2v) is 8.67. The van der Waals surface area contributed by atoms with Crippen LogP contribution < -0.4 is 15.3 Å². The van der Waals surface area contributed by atoms with Crippen molar-refractivity contribution in [2.24, 2.45) is 0 Å². The Balaban J connectivity index is 1.54. The second kappa shape index (κ2) is 11.1. The van der Waals surface area contributed by atoms with Gasteiger partial charge in [-0.1, -0.05) is 31.2 Å². The lowest BCUT2D eigenvalue weighted by Gasteiger charge is -2.34. The minimum atomic E-state index is -5.34. The summed E-state index contributed by atoms with van der Waals surface area (Å²) in [5.41, 5.74) is -0.240. The molecule has 0 bridgehead atoms. The van der Waals surface area contributed by atoms with Crippen LogP contribution in [0, 0.1) is 5.82 Å². The molecule has 0 aliphatic carbocycles. The summed E-state index contributed by atoms with van der Waals surface area (Å²) in [6.45, 7) is 1.70. The molecule has 0 spiro atoms. The summed E-state index contributed by atoms with van der Waals surface area (Å²) in [5.74, 6) is -4.48. The van der Waals surface area contributed by atoms with Gasteiger partial charge in [-0.25, -0.2) is 9.18 Å². The van der Waals surface area contributed by atoms with Crippen LogP contribution in [0.25, 0.3) is 0 Å². The Labute approximate surface area is 219 Å². The van der Waals surface area contributed by atoms with Gasteiger partial charge < -0.3 is 14.6 Å². The summed E-state index contributed by atoms with van der Waals surface area (Å²) in [7, 11) is 0. The minimum absolute atomic E-state index is 0.0303. The van der Waals surface area contributed by atoms with E-state index in [2.05, 4.69) is 9.94 Å². The fourth-order valence-corrected chi connectivity index (χ4v) is 4.06. The van der Waals surface area contributed by atoms with Gasteiger partial charge in [0.25, 0.3) is 5.91 Å². The first-order valence-electron chi connectivity index (χ1n) is 11.8. The smallest absolute Gasteiger partial charge is 0.327 e. The molecule has 13 heteroatoms. The molecule has 0 radical (unpaired) electrons. The van der Waals surface area contributed by atoms with E-state index in [9.17, 15) is 36.7 Å². The third kappa shape index (κ3) is 6.13. The Morgan fingerprint density at radius 3 is 2.38 bits per heavy atom. The van der Waals surface area contributed by atoms with Gasteiger partial charge in [-0.3, -0.25) is 14.4 Å². The van der Waals surface area contributed by atoms with Crippen molar-refractivity contribution in [3.63, 3.8) is 0 Å². The molecule has 0 unspecified atom stereocenters. The van der Waals surface area contributed by atoms with Crippen LogP contribution in [0.2, 0.25) is 0 Å². The Bertz CT molecular complexity index is 1470. The topological polar surface area (TPSA) is 102 Å². The van der Waals surface area contributed by atoms with E-state index in [1.165, 1.54) is 28.0 Å². The van der Waals surface area contributed by atoms with E-state index in [1.807, 2.05) is 6.07 Å². The number of nitrogens with zero attached hydrogens (tertiary/aromatic N) is 4. The molecular formula is C26H22F4N4O5. The van der Waals surface area contributed by atoms with Crippen molar-refractivity contribution in [1.29, 1.82) is 0 Å². The molecule has 9 nitrogen and oxygen atoms in total. The zero-order valence-corrected chi connectivity index (χ0v) is 20.6. The van der Waals surface area contributed by atoms with Crippen LogP contribution in [0.1, 0.15) is 34.1 Å². The SMILES string of the molecule is CCc1cc(Cc2ccc(F)c(C(=O)N3CCN(c4ccccc4)C(=O)C3)c2)nn(OC(=O)C(F)(F)F)c1=O. The molecule has 39 heavy (non-hydrogen) atoms. The lowest BCUT2D eigenvalue weighted by molar-refractivity contribution is -0.202. The van der Waals surface area contributed by atoms with Crippen molar-refractivity contribution >= 4 is 23.5 Å². The largest absolute Gasteiger partial charge is 0.493 e. The van der Waals surface area contributed by atoms with Crippen LogP contribution in [0.3, 0.4) is 0 Å². The zero-order valence-electron chi connectivity index (χ0n) is 20.6. The van der Waals surface area contributed by atoms with Gasteiger partial charge in [0.15, 0.2) is 0 Å². The highest BCUT2D eigenvalue weighted by molar-refractivity contribution is 6.01. The third-order valence-corrected chi connectivity index (χ3v) is 6.01. The molecule has 0 saturated carbocycles. The molecule has 1 aromatic heterocycles. The van der Waals surface area contributed by atoms with Crippen LogP contribution in [-0.4, -0.2) is 58.4 Å². The van der Waals surface area contributed by atoms with Crippen LogP contribution in [-0.2, 0) is 22.4 Å². The van der Waals surface area contributed by atoms with Gasteiger partial charge in [0.05, 0.1) is 11.3 Å². The third-order valence-electron chi connectivity index (χ3n) is 6.01. The van der Waals surface area contributed by atoms with E-state index in [1.54, 1.807) is 31.2 Å². The van der Waals surface area contributed by atoms with E-state index >= 15 is 0 Å². The fraction of sp³-hybridized carbons (Fsp3) is 0.269. The standard InChI is InChI=1S/C26H22F4N4O5/c1-2-17-14-18(31-34(23(17)36)39-25(38)26(28,29)30)12-16-8-9-21(27)20(13-16)24(37)32-10-11-33(22(35)15-32)19-6-4-3-5-7-19/h3-9,13-14H,2,10-12,15H2,1H3. The lowest BCUT2D eigenvalue weighted by Crippen LogP contribution is -2.52. The second-order valence-electron chi connectivity index (χ2n) is 8.67. The maximum Gasteiger partial charge on any atom is 0.493 e. The van der Waals surface area contributed by atoms with Gasteiger partial charge >= 0.3 is 17.7 Å². The van der Waals surface area contributed by atoms with Crippen molar-refractivity contribution in [1.82, 2.24) is 14.8 Å². The van der Waals surface area contributed by atoms with E-state index in [-0.39, 0.29) is 60.0 Å². The summed E-state index contributed by atoms with van der Waals surface area (Å²) in [4.78, 5) is 56.2. The van der Waals surface area contributed by atoms with Crippen LogP contribution in [0.5, 0.6) is 0 Å². The normalized spacial score (nSPS) is 13.9. The van der Waals surface area contributed by atoms with Gasteiger partial charge in [0.2, 0.25) is 5.91 Å². The van der Waals surface area contributed by atoms with Crippen molar-refractivity contribution in [3.8, 4) is 0 Å². The fourth-order valence-electron chi connectivity index (χ4n) is 4.06. The number of amides is 2. The molecular weight excluding hydrogens is 524 g/mol. The summed E-state index contributed by atoms with van der Waals surface area (Å²) in [6.07, 6.45) is -5.37. The predicted molar refractivity (Wildman–Crippen MR) is 129 cm³/mol. The number of piperazine rings is 1. The number of rotatable bonds is 6. The number of anilines is 1. The van der Waals surface area contributed by atoms with Gasteiger partial charge in [-0.05, 0) is 47.2 Å². The maximum atomic E-state index is 14.7. The summed E-state index contributed by atoms with van der Waals surface area (Å²) in [5, 5.41) is 3.69. The molecule has 204 valence electrons. The van der Waals surface area contributed by atoms with Crippen molar-refractivity contribution < 1.29 is 36.8 Å². The lowest BCUT2D eigenvalue weighted by atomic mass is 10.0. The Morgan fingerprint density at radius 2 is 1.74 bits per heavy atom. The van der Waals surface area contributed by atoms with Crippen molar-refractivity contribution in [3.05, 3.63) is 93.2 Å². The van der Waals surface area contributed by atoms with Crippen LogP contribution in [0.15, 0.2) is 59.4 Å². The highest BCUT2D eigenvalue weighted by atomic mass is 19.4. The molecule has 2 heterocycles. The predicted octanol–water partition coefficient (Wildman–Crippen LogP) is 2.54. The van der Waals surface area contributed by atoms with Crippen molar-refractivity contribution in [2.45, 2.75) is 25.9 Å². The summed E-state index contributed by atoms with van der Waals surface area (Å²) in [6, 6.07) is 13.9. The molecule has 1 aliphatic heterocycles. The molecule has 2 aromatic carbocycles. The zero-order chi connectivity index (χ0) is 28.3. The van der Waals surface area contributed by atoms with Crippen molar-refractivity contribution in [2.75, 3.05) is 24.5 Å². The molecule has 2 amide bonds. The quantitative estimate of drug-likeness (QED) is 0.441. The number of hydrogen-bond donors (Lipinski definition) is 0. The van der Waals surface area contributed by atoms with E-state index < -0.39 is 29.4 Å². The van der Waals surface area contributed by atoms with E-state index in [0.717, 1.165) is 6.07 Å². The van der Waals surface area contributed by atoms with Crippen LogP contribution in [0.4, 0.5) is 23.2 Å². The Kier molecular flexibility index (Phi) is 7.79. The number of para-hydroxylation sites is 1. The van der Waals surface area contributed by atoms with Crippen LogP contribution >= 0.6 is 0 Å². The number of aryl methyl sites for hydroxylation is 1. The summed E-state index contributed by atoms with van der Waals surface area (Å²) >= 11 is 0. The number of aromatic nitrogens is 2. The van der Waals surface area contributed by atoms with E-state index in [4.69, 9.17) is 0 Å². The van der Waals surface area contributed by atoms with Gasteiger partial charge in [-0.2, -0.15) is 13.2 Å². The number of hydrogen-bond acceptors (Lipinski definition) is 6. The van der Waals surface area contributed by atoms with E-state index in [0.29, 0.717) is 11.3 Å². The molecule has 0 atom stereocenters. The first kappa shape index (κ1) is 27.5. The highest BCUT2D eigenvalue weighted by Gasteiger charge is 2.42. The molecule has 1 saturated heterocycles. The number of halogens is 4. The monoisotopic (exact) mass is 546 g/mol. The number of benzene rings is 2. The maximum absolute atomic E-state index is 14.7. The number of carbonyl (C=O) groups is 3. The molecule has 3 aromatic rings. The van der Waals surface area contributed by atoms with Gasteiger partial charge in [-0.15, -0.1) is 5.10 Å². The molecule has 1 fully saturated rings. The highest BCUT2D eigenvalue weighted by Crippen LogP contribution is 2.20. The van der Waals surface area contributed by atoms with Gasteiger partial charge in [0.1, 0.15) is 12.4 Å². The summed E-state index contributed by atoms with van der Waals surface area (Å²) < 4.78 is 52.6. The average Bonchev–Trinajstić information content (AvgIpc) is 2.91. The first-order valence-corrected chi connectivity index (χ1v) is 11.8. The Morgan fingerprint density at radius 1 is 1.03 bits per heavy atom. The number of alkyl halides is 3. The average molecular weight is 546 g/mol. The molecule has 4 rings (SSSR count). The molecule has 0 N–H and O–H groups in total. The Hall–Kier alpha value is -4.55. The minimum Gasteiger partial charge on any atom is -0.327 e. The molecule has 1 aliphatic rings. The van der Waals surface area contributed by atoms with Gasteiger partial charge in [0, 0.05) is 30.8 Å². The number of carbonyl (C=O) groups excluding carboxylic acids is 3. The first-order chi connectivity index (χ1) is 18.5.